The van der Waals surface area contributed by atoms with Crippen molar-refractivity contribution in [2.24, 2.45) is 0 Å². The maximum atomic E-state index is 13.6. The van der Waals surface area contributed by atoms with Crippen LogP contribution in [0, 0.1) is 0 Å². The van der Waals surface area contributed by atoms with E-state index < -0.39 is 0 Å². The van der Waals surface area contributed by atoms with E-state index in [1.165, 1.54) is 70.6 Å². The monoisotopic (exact) mass is 591 g/mol. The van der Waals surface area contributed by atoms with Gasteiger partial charge in [-0.15, -0.1) is 0 Å². The number of carbonyl (C=O) groups is 3. The molecular formula is C36H53N3O4. The summed E-state index contributed by atoms with van der Waals surface area (Å²) in [5.74, 6) is -0.372. The summed E-state index contributed by atoms with van der Waals surface area (Å²) in [4.78, 5) is 39.4. The van der Waals surface area contributed by atoms with Gasteiger partial charge in [-0.2, -0.15) is 0 Å². The van der Waals surface area contributed by atoms with Crippen LogP contribution in [0.3, 0.4) is 0 Å². The summed E-state index contributed by atoms with van der Waals surface area (Å²) in [6, 6.07) is 10.2. The fraction of sp³-hybridized carbons (Fsp3) is 0.583. The van der Waals surface area contributed by atoms with Gasteiger partial charge in [0.25, 0.3) is 0 Å². The van der Waals surface area contributed by atoms with Crippen molar-refractivity contribution in [2.75, 3.05) is 30.3 Å². The number of aliphatic hydroxyl groups is 1. The molecule has 43 heavy (non-hydrogen) atoms. The van der Waals surface area contributed by atoms with Crippen LogP contribution in [0.5, 0.6) is 0 Å². The number of aliphatic hydroxyl groups excluding tert-OH is 1. The number of fused-ring (bicyclic) bond motifs is 2. The summed E-state index contributed by atoms with van der Waals surface area (Å²) < 4.78 is 0. The number of anilines is 2. The summed E-state index contributed by atoms with van der Waals surface area (Å²) in [6.07, 6.45) is 17.9. The number of rotatable bonds is 22. The van der Waals surface area contributed by atoms with Gasteiger partial charge < -0.3 is 21.1 Å². The highest BCUT2D eigenvalue weighted by Gasteiger charge is 2.33. The van der Waals surface area contributed by atoms with E-state index >= 15 is 0 Å². The highest BCUT2D eigenvalue weighted by Crippen LogP contribution is 2.35. The summed E-state index contributed by atoms with van der Waals surface area (Å²) in [6.45, 7) is 5.03. The quantitative estimate of drug-likeness (QED) is 0.0894. The number of carbonyl (C=O) groups excluding carboxylic acids is 3. The van der Waals surface area contributed by atoms with Crippen LogP contribution in [0.15, 0.2) is 36.4 Å². The third kappa shape index (κ3) is 10.5. The van der Waals surface area contributed by atoms with Gasteiger partial charge in [0.2, 0.25) is 5.91 Å². The number of benzene rings is 2. The molecule has 0 saturated carbocycles. The van der Waals surface area contributed by atoms with Crippen molar-refractivity contribution >= 4 is 28.8 Å². The first-order chi connectivity index (χ1) is 21.0. The van der Waals surface area contributed by atoms with E-state index in [0.717, 1.165) is 12.8 Å². The van der Waals surface area contributed by atoms with E-state index in [2.05, 4.69) is 22.9 Å². The predicted molar refractivity (Wildman–Crippen MR) is 176 cm³/mol. The van der Waals surface area contributed by atoms with E-state index in [-0.39, 0.29) is 30.1 Å². The molecule has 7 nitrogen and oxygen atoms in total. The molecule has 1 aliphatic carbocycles. The molecule has 0 aromatic heterocycles. The number of amides is 1. The van der Waals surface area contributed by atoms with Gasteiger partial charge in [-0.25, -0.2) is 0 Å². The van der Waals surface area contributed by atoms with Crippen molar-refractivity contribution < 1.29 is 19.5 Å². The molecule has 0 fully saturated rings. The summed E-state index contributed by atoms with van der Waals surface area (Å²) >= 11 is 0. The van der Waals surface area contributed by atoms with Crippen LogP contribution in [-0.4, -0.2) is 48.3 Å². The van der Waals surface area contributed by atoms with Crippen LogP contribution in [-0.2, 0) is 4.79 Å². The molecule has 0 spiro atoms. The Hall–Kier alpha value is -3.19. The Morgan fingerprint density at radius 1 is 0.698 bits per heavy atom. The highest BCUT2D eigenvalue weighted by molar-refractivity contribution is 6.31. The summed E-state index contributed by atoms with van der Waals surface area (Å²) in [5.41, 5.74) is 2.59. The molecule has 3 rings (SSSR count). The lowest BCUT2D eigenvalue weighted by Crippen LogP contribution is -2.30. The molecule has 4 N–H and O–H groups in total. The fourth-order valence-electron chi connectivity index (χ4n) is 5.80. The molecule has 1 atom stereocenters. The predicted octanol–water partition coefficient (Wildman–Crippen LogP) is 7.65. The van der Waals surface area contributed by atoms with Crippen LogP contribution in [0.1, 0.15) is 142 Å². The van der Waals surface area contributed by atoms with Crippen molar-refractivity contribution in [3.63, 3.8) is 0 Å². The normalized spacial score (nSPS) is 12.9. The van der Waals surface area contributed by atoms with E-state index in [4.69, 9.17) is 0 Å². The van der Waals surface area contributed by atoms with Gasteiger partial charge in [0.05, 0.1) is 17.7 Å². The molecule has 1 amide bonds. The average Bonchev–Trinajstić information content (AvgIpc) is 3.02. The molecule has 236 valence electrons. The van der Waals surface area contributed by atoms with E-state index in [0.29, 0.717) is 59.6 Å². The lowest BCUT2D eigenvalue weighted by molar-refractivity contribution is -0.121. The Morgan fingerprint density at radius 2 is 1.21 bits per heavy atom. The van der Waals surface area contributed by atoms with E-state index in [9.17, 15) is 19.5 Å². The van der Waals surface area contributed by atoms with Gasteiger partial charge in [-0.05, 0) is 25.0 Å². The zero-order chi connectivity index (χ0) is 30.9. The Balaban J connectivity index is 1.37. The zero-order valence-electron chi connectivity index (χ0n) is 26.4. The minimum absolute atomic E-state index is 0.0495. The lowest BCUT2D eigenvalue weighted by atomic mass is 9.82. The smallest absolute Gasteiger partial charge is 0.220 e. The second kappa shape index (κ2) is 19.2. The Labute approximate surface area is 258 Å². The molecule has 2 aromatic carbocycles. The third-order valence-electron chi connectivity index (χ3n) is 8.42. The largest absolute Gasteiger partial charge is 0.394 e. The molecule has 0 heterocycles. The average molecular weight is 592 g/mol. The summed E-state index contributed by atoms with van der Waals surface area (Å²) in [5, 5.41) is 19.1. The zero-order valence-corrected chi connectivity index (χ0v) is 26.4. The maximum absolute atomic E-state index is 13.6. The number of hydrogen-bond acceptors (Lipinski definition) is 6. The van der Waals surface area contributed by atoms with Gasteiger partial charge in [-0.3, -0.25) is 14.4 Å². The first-order valence-electron chi connectivity index (χ1n) is 16.7. The molecule has 0 radical (unpaired) electrons. The minimum atomic E-state index is -0.213. The molecule has 7 heteroatoms. The standard InChI is InChI=1S/C36H53N3O4/c1-3-5-6-7-8-9-10-11-12-13-14-15-16-23-32(41)38-25-24-37-30-21-17-19-28-33(30)35(42)29-20-18-22-31(34(29)36(28)43)39-27(4-2)26-40/h17-22,27,37,39-40H,3-16,23-26H2,1-2H3,(H,38,41). The molecule has 0 saturated heterocycles. The number of unbranched alkanes of at least 4 members (excludes halogenated alkanes) is 12. The second-order valence-corrected chi connectivity index (χ2v) is 11.8. The molecule has 0 bridgehead atoms. The van der Waals surface area contributed by atoms with Crippen molar-refractivity contribution in [3.8, 4) is 0 Å². The molecule has 0 aliphatic heterocycles. The van der Waals surface area contributed by atoms with E-state index in [1.807, 2.05) is 6.92 Å². The van der Waals surface area contributed by atoms with Gasteiger partial charge in [0, 0.05) is 48.1 Å². The Morgan fingerprint density at radius 3 is 1.74 bits per heavy atom. The molecule has 1 aliphatic rings. The van der Waals surface area contributed by atoms with Crippen LogP contribution < -0.4 is 16.0 Å². The van der Waals surface area contributed by atoms with Crippen molar-refractivity contribution in [1.82, 2.24) is 5.32 Å². The van der Waals surface area contributed by atoms with Crippen LogP contribution in [0.25, 0.3) is 0 Å². The van der Waals surface area contributed by atoms with Crippen LogP contribution >= 0.6 is 0 Å². The SMILES string of the molecule is CCCCCCCCCCCCCCCC(=O)NCCNc1cccc2c1C(=O)c1cccc(NC(CC)CO)c1C2=O. The fourth-order valence-corrected chi connectivity index (χ4v) is 5.80. The van der Waals surface area contributed by atoms with E-state index in [1.54, 1.807) is 36.4 Å². The van der Waals surface area contributed by atoms with Gasteiger partial charge in [0.15, 0.2) is 11.6 Å². The summed E-state index contributed by atoms with van der Waals surface area (Å²) in [7, 11) is 0. The van der Waals surface area contributed by atoms with Gasteiger partial charge in [-0.1, -0.05) is 115 Å². The highest BCUT2D eigenvalue weighted by atomic mass is 16.3. The third-order valence-corrected chi connectivity index (χ3v) is 8.42. The topological polar surface area (TPSA) is 108 Å². The Bertz CT molecular complexity index is 1180. The number of hydrogen-bond donors (Lipinski definition) is 4. The van der Waals surface area contributed by atoms with Crippen molar-refractivity contribution in [2.45, 2.75) is 116 Å². The lowest BCUT2D eigenvalue weighted by Gasteiger charge is -2.25. The number of nitrogens with one attached hydrogen (secondary N) is 3. The first-order valence-corrected chi connectivity index (χ1v) is 16.7. The van der Waals surface area contributed by atoms with Crippen molar-refractivity contribution in [1.29, 1.82) is 0 Å². The minimum Gasteiger partial charge on any atom is -0.394 e. The molecule has 1 unspecified atom stereocenters. The van der Waals surface area contributed by atoms with Crippen LogP contribution in [0.4, 0.5) is 11.4 Å². The number of ketones is 2. The maximum Gasteiger partial charge on any atom is 0.220 e. The molecular weight excluding hydrogens is 538 g/mol. The second-order valence-electron chi connectivity index (χ2n) is 11.8. The van der Waals surface area contributed by atoms with Crippen molar-refractivity contribution in [3.05, 3.63) is 58.7 Å². The molecule has 2 aromatic rings. The van der Waals surface area contributed by atoms with Crippen LogP contribution in [0.2, 0.25) is 0 Å². The Kier molecular flexibility index (Phi) is 15.3. The van der Waals surface area contributed by atoms with Gasteiger partial charge in [0.1, 0.15) is 0 Å². The van der Waals surface area contributed by atoms with Gasteiger partial charge >= 0.3 is 0 Å². The first kappa shape index (κ1) is 34.3.